The summed E-state index contributed by atoms with van der Waals surface area (Å²) in [7, 11) is 0.194. The second kappa shape index (κ2) is 10.3. The highest BCUT2D eigenvalue weighted by molar-refractivity contribution is 7.99. The second-order valence-corrected chi connectivity index (χ2v) is 9.18. The van der Waals surface area contributed by atoms with Gasteiger partial charge in [-0.1, -0.05) is 55.6 Å². The van der Waals surface area contributed by atoms with Gasteiger partial charge in [0, 0.05) is 44.7 Å². The van der Waals surface area contributed by atoms with Crippen LogP contribution in [0.25, 0.3) is 0 Å². The average Bonchev–Trinajstić information content (AvgIpc) is 3.29. The Labute approximate surface area is 184 Å². The van der Waals surface area contributed by atoms with Crippen LogP contribution < -0.4 is 0 Å². The summed E-state index contributed by atoms with van der Waals surface area (Å²) in [6.07, 6.45) is 5.31. The fourth-order valence-electron chi connectivity index (χ4n) is 2.47. The molecule has 8 heteroatoms. The first-order chi connectivity index (χ1) is 13.9. The third-order valence-electron chi connectivity index (χ3n) is 4.20. The molecule has 0 saturated heterocycles. The lowest BCUT2D eigenvalue weighted by Gasteiger charge is -2.04. The summed E-state index contributed by atoms with van der Waals surface area (Å²) in [6, 6.07) is 18.6. The zero-order chi connectivity index (χ0) is 20.9. The van der Waals surface area contributed by atoms with Gasteiger partial charge < -0.3 is 9.13 Å². The summed E-state index contributed by atoms with van der Waals surface area (Å²) < 4.78 is 28.0. The van der Waals surface area contributed by atoms with E-state index >= 15 is 0 Å². The fraction of sp³-hybridized carbons (Fsp3) is 0.182. The Morgan fingerprint density at radius 2 is 1.53 bits per heavy atom. The van der Waals surface area contributed by atoms with Gasteiger partial charge in [-0.2, -0.15) is 0 Å². The summed E-state index contributed by atoms with van der Waals surface area (Å²) >= 11 is 1.67. The molecule has 2 heterocycles. The number of benzene rings is 2. The molecule has 0 N–H and O–H groups in total. The van der Waals surface area contributed by atoms with Gasteiger partial charge in [0.2, 0.25) is 15.0 Å². The minimum absolute atomic E-state index is 0. The van der Waals surface area contributed by atoms with Crippen LogP contribution in [0.5, 0.6) is 0 Å². The van der Waals surface area contributed by atoms with E-state index in [1.807, 2.05) is 49.1 Å². The van der Waals surface area contributed by atoms with E-state index in [0.717, 1.165) is 10.9 Å². The average molecular weight is 446 g/mol. The topological polar surface area (TPSA) is 69.8 Å². The van der Waals surface area contributed by atoms with Gasteiger partial charge in [0.05, 0.1) is 4.90 Å². The third-order valence-corrected chi connectivity index (χ3v) is 7.04. The number of aryl methyl sites for hydroxylation is 2. The number of hydrogen-bond acceptors (Lipinski definition) is 5. The van der Waals surface area contributed by atoms with Crippen molar-refractivity contribution < 1.29 is 9.84 Å². The van der Waals surface area contributed by atoms with Crippen LogP contribution in [0.2, 0.25) is 0 Å². The molecule has 2 aromatic carbocycles. The Morgan fingerprint density at radius 3 is 2.03 bits per heavy atom. The molecule has 4 aromatic rings. The minimum atomic E-state index is -3.50. The van der Waals surface area contributed by atoms with Crippen LogP contribution in [-0.2, 0) is 23.9 Å². The van der Waals surface area contributed by atoms with Gasteiger partial charge in [-0.15, -0.1) is 0 Å². The lowest BCUT2D eigenvalue weighted by molar-refractivity contribution is 0.577. The third kappa shape index (κ3) is 5.40. The van der Waals surface area contributed by atoms with Gasteiger partial charge in [-0.25, -0.2) is 18.4 Å². The van der Waals surface area contributed by atoms with Crippen molar-refractivity contribution in [1.82, 2.24) is 19.1 Å². The number of rotatable bonds is 4. The normalized spacial score (nSPS) is 10.6. The molecule has 0 atom stereocenters. The molecule has 0 unspecified atom stereocenters. The highest BCUT2D eigenvalue weighted by Crippen LogP contribution is 2.24. The first-order valence-corrected chi connectivity index (χ1v) is 11.2. The second-order valence-electron chi connectivity index (χ2n) is 6.29. The van der Waals surface area contributed by atoms with Crippen molar-refractivity contribution in [3.05, 3.63) is 84.9 Å². The van der Waals surface area contributed by atoms with E-state index in [4.69, 9.17) is 0 Å². The Hall–Kier alpha value is -2.84. The molecule has 160 valence electrons. The molecule has 0 radical (unpaired) electrons. The number of imidazole rings is 2. The van der Waals surface area contributed by atoms with Crippen molar-refractivity contribution in [1.29, 1.82) is 0 Å². The summed E-state index contributed by atoms with van der Waals surface area (Å²) in [5, 5.41) is 1.10. The molecule has 0 bridgehead atoms. The molecule has 2 aromatic heterocycles. The SMILES string of the molecule is C.Cc1cnc(S(=O)(=O)c2ccccc2)n1C.Cn1ccnc1Sc1ccccc1.[2HH]. The molecule has 0 spiro atoms. The van der Waals surface area contributed by atoms with E-state index < -0.39 is 9.84 Å². The van der Waals surface area contributed by atoms with Crippen LogP contribution in [0.1, 0.15) is 14.5 Å². The van der Waals surface area contributed by atoms with Crippen LogP contribution in [0.4, 0.5) is 0 Å². The Bertz CT molecular complexity index is 1170. The summed E-state index contributed by atoms with van der Waals surface area (Å²) in [5.74, 6) is 0. The molecular weight excluding hydrogens is 416 g/mol. The Balaban J connectivity index is 0.000000296. The predicted molar refractivity (Wildman–Crippen MR) is 122 cm³/mol. The van der Waals surface area contributed by atoms with Crippen molar-refractivity contribution in [2.45, 2.75) is 34.5 Å². The molecule has 0 aliphatic heterocycles. The van der Waals surface area contributed by atoms with Crippen molar-refractivity contribution in [3.8, 4) is 0 Å². The van der Waals surface area contributed by atoms with Gasteiger partial charge in [-0.05, 0) is 31.2 Å². The van der Waals surface area contributed by atoms with Crippen molar-refractivity contribution in [3.63, 3.8) is 0 Å². The van der Waals surface area contributed by atoms with E-state index in [1.54, 1.807) is 59.9 Å². The first kappa shape index (κ1) is 23.4. The van der Waals surface area contributed by atoms with Crippen LogP contribution in [0.15, 0.2) is 99.4 Å². The molecule has 0 saturated carbocycles. The lowest BCUT2D eigenvalue weighted by Crippen LogP contribution is -2.09. The Kier molecular flexibility index (Phi) is 8.02. The smallest absolute Gasteiger partial charge is 0.240 e. The van der Waals surface area contributed by atoms with E-state index in [9.17, 15) is 8.42 Å². The highest BCUT2D eigenvalue weighted by atomic mass is 32.2. The zero-order valence-electron chi connectivity index (χ0n) is 16.4. The lowest BCUT2D eigenvalue weighted by atomic mass is 10.4. The summed E-state index contributed by atoms with van der Waals surface area (Å²) in [4.78, 5) is 9.66. The van der Waals surface area contributed by atoms with E-state index in [-0.39, 0.29) is 18.9 Å². The van der Waals surface area contributed by atoms with Gasteiger partial charge in [0.15, 0.2) is 5.16 Å². The van der Waals surface area contributed by atoms with E-state index in [1.165, 1.54) is 4.90 Å². The number of sulfone groups is 1. The highest BCUT2D eigenvalue weighted by Gasteiger charge is 2.22. The van der Waals surface area contributed by atoms with Crippen LogP contribution in [0, 0.1) is 6.92 Å². The molecule has 0 amide bonds. The van der Waals surface area contributed by atoms with Crippen LogP contribution in [-0.4, -0.2) is 27.5 Å². The fourth-order valence-corrected chi connectivity index (χ4v) is 4.72. The van der Waals surface area contributed by atoms with E-state index in [0.29, 0.717) is 0 Å². The maximum absolute atomic E-state index is 12.2. The molecule has 30 heavy (non-hydrogen) atoms. The van der Waals surface area contributed by atoms with Crippen LogP contribution >= 0.6 is 11.8 Å². The molecule has 0 aliphatic carbocycles. The quantitative estimate of drug-likeness (QED) is 0.441. The maximum atomic E-state index is 12.2. The zero-order valence-corrected chi connectivity index (χ0v) is 18.1. The molecule has 0 fully saturated rings. The van der Waals surface area contributed by atoms with Crippen molar-refractivity contribution >= 4 is 21.6 Å². The maximum Gasteiger partial charge on any atom is 0.240 e. The molecule has 6 nitrogen and oxygen atoms in total. The molecule has 0 aliphatic rings. The van der Waals surface area contributed by atoms with Gasteiger partial charge in [-0.3, -0.25) is 0 Å². The standard InChI is InChI=1S/C11H12N2O2S.C10H10N2S.CH4.H2/c1-9-8-12-11(13(9)2)16(14,15)10-6-4-3-5-7-10;1-12-8-7-11-10(12)13-9-5-3-2-4-6-9;;/h3-8H,1-2H3;2-8H,1H3;1H4;1H/i;;;1+1. The van der Waals surface area contributed by atoms with Crippen LogP contribution in [0.3, 0.4) is 0 Å². The largest absolute Gasteiger partial charge is 0.329 e. The van der Waals surface area contributed by atoms with Crippen molar-refractivity contribution in [2.75, 3.05) is 0 Å². The summed E-state index contributed by atoms with van der Waals surface area (Å²) in [5.41, 5.74) is 0.814. The molecule has 4 rings (SSSR count). The van der Waals surface area contributed by atoms with Crippen molar-refractivity contribution in [2.24, 2.45) is 14.1 Å². The van der Waals surface area contributed by atoms with Gasteiger partial charge in [0.25, 0.3) is 0 Å². The first-order valence-electron chi connectivity index (χ1n) is 8.88. The monoisotopic (exact) mass is 445 g/mol. The number of hydrogen-bond donors (Lipinski definition) is 0. The van der Waals surface area contributed by atoms with E-state index in [2.05, 4.69) is 22.1 Å². The number of aromatic nitrogens is 4. The summed E-state index contributed by atoms with van der Waals surface area (Å²) in [6.45, 7) is 1.82. The number of nitrogens with zero attached hydrogens (tertiary/aromatic N) is 4. The minimum Gasteiger partial charge on any atom is -0.329 e. The van der Waals surface area contributed by atoms with Gasteiger partial charge in [0.1, 0.15) is 0 Å². The Morgan fingerprint density at radius 1 is 0.933 bits per heavy atom. The molecular formula is C22H28N4O2S2. The predicted octanol–water partition coefficient (Wildman–Crippen LogP) is 5.01. The van der Waals surface area contributed by atoms with Gasteiger partial charge >= 0.3 is 0 Å².